The summed E-state index contributed by atoms with van der Waals surface area (Å²) in [7, 11) is -3.74. The van der Waals surface area contributed by atoms with E-state index in [-0.39, 0.29) is 25.6 Å². The molecule has 1 aromatic rings. The highest BCUT2D eigenvalue weighted by Gasteiger charge is 2.57. The lowest BCUT2D eigenvalue weighted by Gasteiger charge is -2.60. The van der Waals surface area contributed by atoms with Gasteiger partial charge in [0.25, 0.3) is 0 Å². The Morgan fingerprint density at radius 1 is 1.19 bits per heavy atom. The van der Waals surface area contributed by atoms with Crippen LogP contribution in [0.4, 0.5) is 5.69 Å². The Balaban J connectivity index is 1.32. The van der Waals surface area contributed by atoms with Gasteiger partial charge in [-0.2, -0.15) is 4.31 Å². The molecule has 6 rings (SSSR count). The van der Waals surface area contributed by atoms with Crippen molar-refractivity contribution in [1.82, 2.24) is 4.31 Å². The number of ether oxygens (including phenoxy) is 1. The van der Waals surface area contributed by atoms with E-state index in [9.17, 15) is 13.2 Å². The number of alkyl halides is 1. The monoisotopic (exact) mass is 530 g/mol. The highest BCUT2D eigenvalue weighted by atomic mass is 79.9. The lowest BCUT2D eigenvalue weighted by atomic mass is 9.48. The molecular weight excluding hydrogens is 504 g/mol. The molecule has 4 bridgehead atoms. The number of nitrogens with zero attached hydrogens (tertiary/aromatic N) is 1. The van der Waals surface area contributed by atoms with E-state index < -0.39 is 10.0 Å². The zero-order chi connectivity index (χ0) is 21.9. The van der Waals surface area contributed by atoms with E-state index >= 15 is 0 Å². The molecule has 4 aliphatic carbocycles. The number of hydrogen-bond acceptors (Lipinski definition) is 4. The van der Waals surface area contributed by atoms with Crippen molar-refractivity contribution in [2.45, 2.75) is 54.2 Å². The lowest BCUT2D eigenvalue weighted by Crippen LogP contribution is -2.53. The summed E-state index contributed by atoms with van der Waals surface area (Å²) < 4.78 is 32.9. The van der Waals surface area contributed by atoms with Crippen LogP contribution in [-0.4, -0.2) is 49.3 Å². The average Bonchev–Trinajstić information content (AvgIpc) is 2.67. The summed E-state index contributed by atoms with van der Waals surface area (Å²) in [6.45, 7) is 1.33. The summed E-state index contributed by atoms with van der Waals surface area (Å²) >= 11 is 10.2. The van der Waals surface area contributed by atoms with Crippen LogP contribution in [0.5, 0.6) is 0 Å². The fourth-order valence-electron chi connectivity index (χ4n) is 6.79. The Bertz CT molecular complexity index is 981. The summed E-state index contributed by atoms with van der Waals surface area (Å²) in [6, 6.07) is 4.70. The number of hydrogen-bond donors (Lipinski definition) is 1. The SMILES string of the molecule is O=C(CC12CC3CC(CC(Br)(C3)C1)C2)Nc1ccc(Cl)c(S(=O)(=O)N2CCOCC2)c1. The molecule has 31 heavy (non-hydrogen) atoms. The van der Waals surface area contributed by atoms with Crippen LogP contribution in [0.3, 0.4) is 0 Å². The van der Waals surface area contributed by atoms with Gasteiger partial charge in [-0.15, -0.1) is 0 Å². The Morgan fingerprint density at radius 3 is 2.52 bits per heavy atom. The van der Waals surface area contributed by atoms with Gasteiger partial charge in [0.1, 0.15) is 4.90 Å². The normalized spacial score (nSPS) is 35.3. The van der Waals surface area contributed by atoms with Gasteiger partial charge in [-0.25, -0.2) is 8.42 Å². The van der Waals surface area contributed by atoms with Gasteiger partial charge in [0, 0.05) is 29.5 Å². The van der Waals surface area contributed by atoms with Crippen LogP contribution < -0.4 is 5.32 Å². The molecule has 4 saturated carbocycles. The Kier molecular flexibility index (Phi) is 5.70. The first-order valence-corrected chi connectivity index (χ1v) is 13.6. The minimum absolute atomic E-state index is 0.0306. The van der Waals surface area contributed by atoms with Gasteiger partial charge in [0.05, 0.1) is 18.2 Å². The molecule has 2 unspecified atom stereocenters. The second kappa shape index (κ2) is 7.97. The zero-order valence-corrected chi connectivity index (χ0v) is 20.6. The Labute approximate surface area is 197 Å². The molecule has 0 aromatic heterocycles. The molecule has 1 N–H and O–H groups in total. The largest absolute Gasteiger partial charge is 0.379 e. The van der Waals surface area contributed by atoms with Crippen molar-refractivity contribution in [3.05, 3.63) is 23.2 Å². The lowest BCUT2D eigenvalue weighted by molar-refractivity contribution is -0.123. The zero-order valence-electron chi connectivity index (χ0n) is 17.4. The highest BCUT2D eigenvalue weighted by molar-refractivity contribution is 9.10. The van der Waals surface area contributed by atoms with Crippen molar-refractivity contribution in [2.24, 2.45) is 17.3 Å². The number of rotatable bonds is 5. The molecule has 2 atom stereocenters. The number of benzene rings is 1. The van der Waals surface area contributed by atoms with Crippen molar-refractivity contribution in [3.63, 3.8) is 0 Å². The van der Waals surface area contributed by atoms with E-state index in [0.717, 1.165) is 19.3 Å². The fourth-order valence-corrected chi connectivity index (χ4v) is 10.2. The van der Waals surface area contributed by atoms with Crippen LogP contribution >= 0.6 is 27.5 Å². The molecule has 1 saturated heterocycles. The number of sulfonamides is 1. The summed E-state index contributed by atoms with van der Waals surface area (Å²) in [5.74, 6) is 1.39. The maximum atomic E-state index is 13.0. The molecule has 0 radical (unpaired) electrons. The summed E-state index contributed by atoms with van der Waals surface area (Å²) in [5.41, 5.74) is 0.534. The third-order valence-corrected chi connectivity index (χ3v) is 10.8. The van der Waals surface area contributed by atoms with Gasteiger partial charge in [0.15, 0.2) is 0 Å². The van der Waals surface area contributed by atoms with Crippen molar-refractivity contribution in [2.75, 3.05) is 31.6 Å². The number of halogens is 2. The number of anilines is 1. The summed E-state index contributed by atoms with van der Waals surface area (Å²) in [6.07, 6.45) is 7.55. The number of amides is 1. The third kappa shape index (κ3) is 4.31. The van der Waals surface area contributed by atoms with Gasteiger partial charge in [-0.1, -0.05) is 27.5 Å². The van der Waals surface area contributed by atoms with Crippen molar-refractivity contribution < 1.29 is 17.9 Å². The van der Waals surface area contributed by atoms with Crippen LogP contribution in [0.25, 0.3) is 0 Å². The topological polar surface area (TPSA) is 75.7 Å². The molecule has 5 aliphatic rings. The van der Waals surface area contributed by atoms with Gasteiger partial charge in [0.2, 0.25) is 15.9 Å². The molecule has 1 aliphatic heterocycles. The highest BCUT2D eigenvalue weighted by Crippen LogP contribution is 2.65. The van der Waals surface area contributed by atoms with Crippen molar-refractivity contribution in [1.29, 1.82) is 0 Å². The molecule has 1 amide bonds. The van der Waals surface area contributed by atoms with E-state index in [0.29, 0.717) is 50.2 Å². The molecule has 6 nitrogen and oxygen atoms in total. The minimum Gasteiger partial charge on any atom is -0.379 e. The third-order valence-electron chi connectivity index (χ3n) is 7.45. The van der Waals surface area contributed by atoms with E-state index in [2.05, 4.69) is 21.2 Å². The first kappa shape index (κ1) is 22.1. The summed E-state index contributed by atoms with van der Waals surface area (Å²) in [5, 5.41) is 3.11. The van der Waals surface area contributed by atoms with Gasteiger partial charge < -0.3 is 10.1 Å². The van der Waals surface area contributed by atoms with E-state index in [1.807, 2.05) is 0 Å². The van der Waals surface area contributed by atoms with E-state index in [1.165, 1.54) is 29.6 Å². The Morgan fingerprint density at radius 2 is 1.87 bits per heavy atom. The van der Waals surface area contributed by atoms with Crippen LogP contribution in [0.15, 0.2) is 23.1 Å². The standard InChI is InChI=1S/C22H28BrClN2O4S/c23-22-11-15-7-16(12-22)10-21(9-15,14-22)13-20(27)25-17-1-2-18(24)19(8-17)31(28,29)26-3-5-30-6-4-26/h1-2,8,15-16H,3-7,9-14H2,(H,25,27). The molecule has 9 heteroatoms. The summed E-state index contributed by atoms with van der Waals surface area (Å²) in [4.78, 5) is 13.0. The predicted octanol–water partition coefficient (Wildman–Crippen LogP) is 4.42. The molecule has 170 valence electrons. The molecule has 1 aromatic carbocycles. The van der Waals surface area contributed by atoms with Crippen LogP contribution in [0, 0.1) is 17.3 Å². The Hall–Kier alpha value is -0.670. The molecular formula is C22H28BrClN2O4S. The fraction of sp³-hybridized carbons (Fsp3) is 0.682. The number of morpholine rings is 1. The first-order chi connectivity index (χ1) is 14.7. The quantitative estimate of drug-likeness (QED) is 0.571. The van der Waals surface area contributed by atoms with Gasteiger partial charge in [-0.3, -0.25) is 4.79 Å². The maximum Gasteiger partial charge on any atom is 0.244 e. The smallest absolute Gasteiger partial charge is 0.244 e. The van der Waals surface area contributed by atoms with Gasteiger partial charge in [-0.05, 0) is 74.0 Å². The number of carbonyl (C=O) groups is 1. The van der Waals surface area contributed by atoms with Crippen LogP contribution in [0.2, 0.25) is 5.02 Å². The molecule has 0 spiro atoms. The van der Waals surface area contributed by atoms with Crippen molar-refractivity contribution in [3.8, 4) is 0 Å². The van der Waals surface area contributed by atoms with E-state index in [4.69, 9.17) is 16.3 Å². The van der Waals surface area contributed by atoms with E-state index in [1.54, 1.807) is 12.1 Å². The number of nitrogens with one attached hydrogen (secondary N) is 1. The van der Waals surface area contributed by atoms with Crippen LogP contribution in [-0.2, 0) is 19.6 Å². The average molecular weight is 532 g/mol. The van der Waals surface area contributed by atoms with Crippen LogP contribution in [0.1, 0.15) is 44.9 Å². The first-order valence-electron chi connectivity index (χ1n) is 11.0. The van der Waals surface area contributed by atoms with Crippen molar-refractivity contribution >= 4 is 49.1 Å². The molecule has 5 fully saturated rings. The predicted molar refractivity (Wildman–Crippen MR) is 123 cm³/mol. The maximum absolute atomic E-state index is 13.0. The molecule has 1 heterocycles. The van der Waals surface area contributed by atoms with Gasteiger partial charge >= 0.3 is 0 Å². The second-order valence-corrected chi connectivity index (χ2v) is 14.0. The second-order valence-electron chi connectivity index (χ2n) is 10.00. The minimum atomic E-state index is -3.74. The number of carbonyl (C=O) groups excluding carboxylic acids is 1.